The minimum Gasteiger partial charge on any atom is -0.501 e. The molecule has 0 aliphatic carbocycles. The molecule has 0 heterocycles. The number of nitro benzene ring substituents is 1. The van der Waals surface area contributed by atoms with E-state index >= 15 is 0 Å². The zero-order valence-corrected chi connectivity index (χ0v) is 8.74. The lowest BCUT2D eigenvalue weighted by atomic mass is 10.1. The van der Waals surface area contributed by atoms with Crippen LogP contribution in [0.4, 0.5) is 5.69 Å². The van der Waals surface area contributed by atoms with Gasteiger partial charge in [0.05, 0.1) is 9.40 Å². The summed E-state index contributed by atoms with van der Waals surface area (Å²) in [7, 11) is 0. The molecule has 0 radical (unpaired) electrons. The molecule has 0 unspecified atom stereocenters. The number of phenolic OH excluding ortho intramolecular Hbond substituents is 1. The summed E-state index contributed by atoms with van der Waals surface area (Å²) in [4.78, 5) is 20.7. The molecule has 1 rings (SSSR count). The van der Waals surface area contributed by atoms with Crippen LogP contribution in [-0.2, 0) is 0 Å². The van der Waals surface area contributed by atoms with Crippen LogP contribution >= 0.6 is 15.9 Å². The summed E-state index contributed by atoms with van der Waals surface area (Å²) in [6, 6.07) is 2.39. The normalized spacial score (nSPS) is 9.86. The molecule has 1 N–H and O–H groups in total. The number of hydrogen-bond acceptors (Lipinski definition) is 4. The van der Waals surface area contributed by atoms with Crippen LogP contribution in [0.25, 0.3) is 0 Å². The van der Waals surface area contributed by atoms with Crippen LogP contribution in [0, 0.1) is 10.1 Å². The number of hydrogen-bond donors (Lipinski definition) is 1. The second-order valence-corrected chi connectivity index (χ2v) is 3.40. The van der Waals surface area contributed by atoms with Crippen LogP contribution in [-0.4, -0.2) is 15.8 Å². The number of nitro groups is 1. The van der Waals surface area contributed by atoms with Gasteiger partial charge in [-0.05, 0) is 28.9 Å². The number of aromatic hydroxyl groups is 1. The zero-order valence-electron chi connectivity index (χ0n) is 7.15. The minimum absolute atomic E-state index is 0.0548. The number of carbonyl (C=O) groups is 1. The van der Waals surface area contributed by atoms with Crippen molar-refractivity contribution in [3.05, 3.63) is 32.3 Å². The molecule has 0 aromatic heterocycles. The lowest BCUT2D eigenvalue weighted by molar-refractivity contribution is -0.385. The van der Waals surface area contributed by atoms with Gasteiger partial charge in [-0.1, -0.05) is 0 Å². The van der Waals surface area contributed by atoms with Crippen LogP contribution in [0.2, 0.25) is 0 Å². The number of carbonyl (C=O) groups excluding carboxylic acids is 1. The molecule has 0 amide bonds. The summed E-state index contributed by atoms with van der Waals surface area (Å²) in [6.07, 6.45) is 0. The van der Waals surface area contributed by atoms with E-state index in [2.05, 4.69) is 15.9 Å². The highest BCUT2D eigenvalue weighted by molar-refractivity contribution is 9.10. The number of rotatable bonds is 2. The highest BCUT2D eigenvalue weighted by Crippen LogP contribution is 2.36. The van der Waals surface area contributed by atoms with Crippen LogP contribution < -0.4 is 0 Å². The summed E-state index contributed by atoms with van der Waals surface area (Å²) in [5.74, 6) is -0.801. The number of benzene rings is 1. The quantitative estimate of drug-likeness (QED) is 0.502. The Morgan fingerprint density at radius 3 is 2.57 bits per heavy atom. The maximum absolute atomic E-state index is 11.0. The first kappa shape index (κ1) is 10.6. The second kappa shape index (κ2) is 3.75. The molecule has 0 saturated carbocycles. The molecule has 14 heavy (non-hydrogen) atoms. The van der Waals surface area contributed by atoms with Crippen LogP contribution in [0.3, 0.4) is 0 Å². The van der Waals surface area contributed by atoms with E-state index < -0.39 is 16.4 Å². The Hall–Kier alpha value is -1.43. The van der Waals surface area contributed by atoms with Crippen molar-refractivity contribution < 1.29 is 14.8 Å². The largest absolute Gasteiger partial charge is 0.501 e. The molecule has 5 nitrogen and oxygen atoms in total. The Balaban J connectivity index is 3.41. The van der Waals surface area contributed by atoms with Crippen molar-refractivity contribution >= 4 is 27.4 Å². The van der Waals surface area contributed by atoms with Gasteiger partial charge in [-0.3, -0.25) is 14.9 Å². The average Bonchev–Trinajstić information content (AvgIpc) is 2.08. The third kappa shape index (κ3) is 1.74. The van der Waals surface area contributed by atoms with Crippen molar-refractivity contribution in [1.82, 2.24) is 0 Å². The van der Waals surface area contributed by atoms with Crippen molar-refractivity contribution in [3.63, 3.8) is 0 Å². The van der Waals surface area contributed by atoms with E-state index in [4.69, 9.17) is 0 Å². The molecule has 1 aromatic rings. The molecule has 74 valence electrons. The fraction of sp³-hybridized carbons (Fsp3) is 0.125. The number of phenols is 1. The van der Waals surface area contributed by atoms with Gasteiger partial charge in [-0.15, -0.1) is 0 Å². The Bertz CT molecular complexity index is 377. The van der Waals surface area contributed by atoms with E-state index in [1.807, 2.05) is 0 Å². The number of ketones is 1. The molecular formula is C8H6BrNO4. The van der Waals surface area contributed by atoms with E-state index in [1.54, 1.807) is 0 Å². The zero-order chi connectivity index (χ0) is 10.9. The Kier molecular flexibility index (Phi) is 2.85. The monoisotopic (exact) mass is 259 g/mol. The smallest absolute Gasteiger partial charge is 0.311 e. The predicted octanol–water partition coefficient (Wildman–Crippen LogP) is 2.27. The maximum Gasteiger partial charge on any atom is 0.311 e. The lowest BCUT2D eigenvalue weighted by Gasteiger charge is -2.02. The van der Waals surface area contributed by atoms with E-state index in [9.17, 15) is 20.0 Å². The summed E-state index contributed by atoms with van der Waals surface area (Å²) >= 11 is 2.92. The fourth-order valence-corrected chi connectivity index (χ4v) is 1.59. The van der Waals surface area contributed by atoms with Crippen molar-refractivity contribution in [2.75, 3.05) is 0 Å². The molecule has 0 fully saturated rings. The first-order valence-electron chi connectivity index (χ1n) is 3.62. The third-order valence-electron chi connectivity index (χ3n) is 1.67. The van der Waals surface area contributed by atoms with E-state index in [0.29, 0.717) is 0 Å². The highest BCUT2D eigenvalue weighted by Gasteiger charge is 2.19. The van der Waals surface area contributed by atoms with E-state index in [1.165, 1.54) is 13.0 Å². The Morgan fingerprint density at radius 1 is 1.57 bits per heavy atom. The summed E-state index contributed by atoms with van der Waals surface area (Å²) in [5.41, 5.74) is -0.213. The third-order valence-corrected chi connectivity index (χ3v) is 2.47. The topological polar surface area (TPSA) is 80.4 Å². The SMILES string of the molecule is CC(=O)c1ccc([N+](=O)[O-])c(O)c1Br. The first-order chi connectivity index (χ1) is 6.45. The molecule has 0 aliphatic heterocycles. The molecule has 0 bridgehead atoms. The van der Waals surface area contributed by atoms with Crippen molar-refractivity contribution in [2.24, 2.45) is 0 Å². The molecule has 6 heteroatoms. The maximum atomic E-state index is 11.0. The number of halogens is 1. The van der Waals surface area contributed by atoms with Crippen molar-refractivity contribution in [2.45, 2.75) is 6.92 Å². The molecule has 0 aliphatic rings. The van der Waals surface area contributed by atoms with Gasteiger partial charge in [-0.25, -0.2) is 0 Å². The lowest BCUT2D eigenvalue weighted by Crippen LogP contribution is -1.96. The first-order valence-corrected chi connectivity index (χ1v) is 4.41. The van der Waals surface area contributed by atoms with Gasteiger partial charge >= 0.3 is 5.69 Å². The Labute approximate surface area is 87.6 Å². The standard InChI is InChI=1S/C8H6BrNO4/c1-4(11)5-2-3-6(10(13)14)8(12)7(5)9/h2-3,12H,1H3. The summed E-state index contributed by atoms with van der Waals surface area (Å²) < 4.78 is 0.0548. The predicted molar refractivity (Wildman–Crippen MR) is 52.5 cm³/mol. The van der Waals surface area contributed by atoms with Gasteiger partial charge in [0.15, 0.2) is 5.78 Å². The van der Waals surface area contributed by atoms with Gasteiger partial charge in [0, 0.05) is 11.6 Å². The molecule has 1 aromatic carbocycles. The van der Waals surface area contributed by atoms with Gasteiger partial charge in [0.25, 0.3) is 0 Å². The Morgan fingerprint density at radius 2 is 2.14 bits per heavy atom. The van der Waals surface area contributed by atoms with Crippen molar-refractivity contribution in [1.29, 1.82) is 0 Å². The number of nitrogens with zero attached hydrogens (tertiary/aromatic N) is 1. The fourth-order valence-electron chi connectivity index (χ4n) is 0.974. The molecule has 0 saturated heterocycles. The van der Waals surface area contributed by atoms with Gasteiger partial charge < -0.3 is 5.11 Å². The van der Waals surface area contributed by atoms with Crippen LogP contribution in [0.5, 0.6) is 5.75 Å². The van der Waals surface area contributed by atoms with Gasteiger partial charge in [0.1, 0.15) is 0 Å². The highest BCUT2D eigenvalue weighted by atomic mass is 79.9. The van der Waals surface area contributed by atoms with E-state index in [0.717, 1.165) is 6.07 Å². The van der Waals surface area contributed by atoms with E-state index in [-0.39, 0.29) is 15.8 Å². The van der Waals surface area contributed by atoms with Crippen LogP contribution in [0.1, 0.15) is 17.3 Å². The molecule has 0 atom stereocenters. The van der Waals surface area contributed by atoms with Gasteiger partial charge in [0.2, 0.25) is 5.75 Å². The molecular weight excluding hydrogens is 254 g/mol. The molecule has 0 spiro atoms. The van der Waals surface area contributed by atoms with Crippen LogP contribution in [0.15, 0.2) is 16.6 Å². The minimum atomic E-state index is -0.718. The van der Waals surface area contributed by atoms with Gasteiger partial charge in [-0.2, -0.15) is 0 Å². The second-order valence-electron chi connectivity index (χ2n) is 2.61. The number of Topliss-reactive ketones (excluding diaryl/α,β-unsaturated/α-hetero) is 1. The van der Waals surface area contributed by atoms with Crippen molar-refractivity contribution in [3.8, 4) is 5.75 Å². The average molecular weight is 260 g/mol. The summed E-state index contributed by atoms with van der Waals surface area (Å²) in [6.45, 7) is 1.31. The summed E-state index contributed by atoms with van der Waals surface area (Å²) in [5, 5.41) is 19.8.